The second kappa shape index (κ2) is 10.7. The number of amides is 1. The summed E-state index contributed by atoms with van der Waals surface area (Å²) in [4.78, 5) is 12.6. The molecule has 0 radical (unpaired) electrons. The molecule has 1 amide bonds. The van der Waals surface area contributed by atoms with Crippen LogP contribution in [0, 0.1) is 0 Å². The topological polar surface area (TPSA) is 78.3 Å². The van der Waals surface area contributed by atoms with Crippen LogP contribution >= 0.6 is 23.2 Å². The molecule has 0 aliphatic carbocycles. The lowest BCUT2D eigenvalue weighted by Crippen LogP contribution is -2.42. The summed E-state index contributed by atoms with van der Waals surface area (Å²) in [6, 6.07) is 13.4. The molecule has 0 bridgehead atoms. The zero-order valence-corrected chi connectivity index (χ0v) is 17.0. The van der Waals surface area contributed by atoms with E-state index in [1.54, 1.807) is 65.6 Å². The minimum absolute atomic E-state index is 0.379. The quantitative estimate of drug-likeness (QED) is 0.385. The van der Waals surface area contributed by atoms with Gasteiger partial charge in [-0.15, -0.1) is 5.10 Å². The number of benzene rings is 2. The minimum atomic E-state index is -1.16. The summed E-state index contributed by atoms with van der Waals surface area (Å²) < 4.78 is 13.2. The molecular weight excluding hydrogens is 415 g/mol. The SMILES string of the molecule is O=C(NCCCCn1ccnn1)C(Oc1ccc(Cl)cc1)Oc1ccc(Cl)cc1. The maximum Gasteiger partial charge on any atom is 0.321 e. The van der Waals surface area contributed by atoms with Crippen LogP contribution in [0.15, 0.2) is 60.9 Å². The van der Waals surface area contributed by atoms with E-state index in [-0.39, 0.29) is 5.91 Å². The summed E-state index contributed by atoms with van der Waals surface area (Å²) >= 11 is 11.8. The molecule has 1 heterocycles. The number of halogens is 2. The molecule has 0 aliphatic heterocycles. The van der Waals surface area contributed by atoms with E-state index in [0.717, 1.165) is 19.4 Å². The van der Waals surface area contributed by atoms with Crippen LogP contribution in [0.1, 0.15) is 12.8 Å². The first-order valence-corrected chi connectivity index (χ1v) is 9.82. The molecule has 0 atom stereocenters. The number of hydrogen-bond acceptors (Lipinski definition) is 5. The third-order valence-corrected chi connectivity index (χ3v) is 4.42. The van der Waals surface area contributed by atoms with Crippen molar-refractivity contribution >= 4 is 29.1 Å². The number of nitrogens with zero attached hydrogens (tertiary/aromatic N) is 3. The van der Waals surface area contributed by atoms with Crippen LogP contribution in [0.5, 0.6) is 11.5 Å². The third-order valence-electron chi connectivity index (χ3n) is 3.91. The van der Waals surface area contributed by atoms with Gasteiger partial charge in [-0.25, -0.2) is 0 Å². The largest absolute Gasteiger partial charge is 0.446 e. The number of carbonyl (C=O) groups excluding carboxylic acids is 1. The molecule has 0 aliphatic rings. The van der Waals surface area contributed by atoms with Crippen molar-refractivity contribution in [2.45, 2.75) is 25.7 Å². The molecule has 29 heavy (non-hydrogen) atoms. The van der Waals surface area contributed by atoms with E-state index in [9.17, 15) is 4.79 Å². The van der Waals surface area contributed by atoms with Crippen molar-refractivity contribution in [2.24, 2.45) is 0 Å². The molecule has 1 aromatic heterocycles. The van der Waals surface area contributed by atoms with Crippen molar-refractivity contribution in [1.82, 2.24) is 20.3 Å². The number of ether oxygens (including phenoxy) is 2. The van der Waals surface area contributed by atoms with Gasteiger partial charge in [0.1, 0.15) is 11.5 Å². The highest BCUT2D eigenvalue weighted by Crippen LogP contribution is 2.20. The van der Waals surface area contributed by atoms with Gasteiger partial charge in [-0.3, -0.25) is 9.48 Å². The molecule has 0 saturated heterocycles. The highest BCUT2D eigenvalue weighted by Gasteiger charge is 2.22. The van der Waals surface area contributed by atoms with Crippen LogP contribution in [-0.2, 0) is 11.3 Å². The van der Waals surface area contributed by atoms with Crippen LogP contribution in [0.4, 0.5) is 0 Å². The van der Waals surface area contributed by atoms with Gasteiger partial charge in [0.2, 0.25) is 0 Å². The predicted octanol–water partition coefficient (Wildman–Crippen LogP) is 3.97. The first kappa shape index (κ1) is 21.0. The van der Waals surface area contributed by atoms with E-state index in [1.807, 2.05) is 0 Å². The first-order valence-electron chi connectivity index (χ1n) is 9.06. The summed E-state index contributed by atoms with van der Waals surface area (Å²) in [5.74, 6) is 0.556. The number of carbonyl (C=O) groups is 1. The molecule has 2 aromatic carbocycles. The Balaban J connectivity index is 1.55. The summed E-state index contributed by atoms with van der Waals surface area (Å²) in [5, 5.41) is 11.6. The van der Waals surface area contributed by atoms with Crippen LogP contribution in [0.25, 0.3) is 0 Å². The van der Waals surface area contributed by atoms with Gasteiger partial charge in [-0.2, -0.15) is 0 Å². The van der Waals surface area contributed by atoms with E-state index >= 15 is 0 Å². The van der Waals surface area contributed by atoms with Gasteiger partial charge in [0.25, 0.3) is 0 Å². The average molecular weight is 435 g/mol. The van der Waals surface area contributed by atoms with E-state index in [0.29, 0.717) is 28.1 Å². The number of aryl methyl sites for hydroxylation is 1. The van der Waals surface area contributed by atoms with Crippen LogP contribution in [0.2, 0.25) is 10.0 Å². The second-order valence-electron chi connectivity index (χ2n) is 6.14. The molecule has 0 saturated carbocycles. The third kappa shape index (κ3) is 6.96. The van der Waals surface area contributed by atoms with Crippen LogP contribution in [0.3, 0.4) is 0 Å². The Kier molecular flexibility index (Phi) is 7.72. The van der Waals surface area contributed by atoms with E-state index < -0.39 is 6.29 Å². The lowest BCUT2D eigenvalue weighted by atomic mass is 10.3. The number of hydrogen-bond donors (Lipinski definition) is 1. The van der Waals surface area contributed by atoms with Gasteiger partial charge in [-0.05, 0) is 61.4 Å². The molecular formula is C20H20Cl2N4O3. The van der Waals surface area contributed by atoms with Crippen molar-refractivity contribution in [3.8, 4) is 11.5 Å². The lowest BCUT2D eigenvalue weighted by molar-refractivity contribution is -0.140. The lowest BCUT2D eigenvalue weighted by Gasteiger charge is -2.20. The van der Waals surface area contributed by atoms with Crippen LogP contribution in [-0.4, -0.2) is 33.7 Å². The van der Waals surface area contributed by atoms with Gasteiger partial charge in [0.05, 0.1) is 6.20 Å². The predicted molar refractivity (Wildman–Crippen MR) is 110 cm³/mol. The van der Waals surface area contributed by atoms with Gasteiger partial charge in [0.15, 0.2) is 0 Å². The molecule has 152 valence electrons. The minimum Gasteiger partial charge on any atom is -0.446 e. The van der Waals surface area contributed by atoms with Gasteiger partial charge in [0, 0.05) is 29.3 Å². The Labute approximate surface area is 178 Å². The highest BCUT2D eigenvalue weighted by molar-refractivity contribution is 6.30. The Morgan fingerprint density at radius 2 is 1.55 bits per heavy atom. The van der Waals surface area contributed by atoms with E-state index in [1.165, 1.54) is 0 Å². The van der Waals surface area contributed by atoms with E-state index in [4.69, 9.17) is 32.7 Å². The number of nitrogens with one attached hydrogen (secondary N) is 1. The van der Waals surface area contributed by atoms with Crippen molar-refractivity contribution in [1.29, 1.82) is 0 Å². The fourth-order valence-corrected chi connectivity index (χ4v) is 2.70. The molecule has 9 heteroatoms. The smallest absolute Gasteiger partial charge is 0.321 e. The van der Waals surface area contributed by atoms with Crippen molar-refractivity contribution < 1.29 is 14.3 Å². The highest BCUT2D eigenvalue weighted by atomic mass is 35.5. The summed E-state index contributed by atoms with van der Waals surface area (Å²) in [6.07, 6.45) is 3.90. The normalized spacial score (nSPS) is 10.7. The van der Waals surface area contributed by atoms with Gasteiger partial charge in [-0.1, -0.05) is 28.4 Å². The zero-order chi connectivity index (χ0) is 20.5. The Hall–Kier alpha value is -2.77. The molecule has 7 nitrogen and oxygen atoms in total. The van der Waals surface area contributed by atoms with Gasteiger partial charge >= 0.3 is 12.2 Å². The molecule has 0 unspecified atom stereocenters. The Morgan fingerprint density at radius 1 is 0.966 bits per heavy atom. The van der Waals surface area contributed by atoms with Crippen molar-refractivity contribution in [3.05, 3.63) is 71.0 Å². The van der Waals surface area contributed by atoms with Crippen molar-refractivity contribution in [3.63, 3.8) is 0 Å². The molecule has 3 aromatic rings. The monoisotopic (exact) mass is 434 g/mol. The molecule has 1 N–H and O–H groups in total. The van der Waals surface area contributed by atoms with E-state index in [2.05, 4.69) is 15.6 Å². The number of aromatic nitrogens is 3. The fourth-order valence-electron chi connectivity index (χ4n) is 2.45. The standard InChI is InChI=1S/C20H20Cl2N4O3/c21-15-3-7-17(8-4-15)28-20(29-18-9-5-16(22)6-10-18)19(27)23-11-1-2-13-26-14-12-24-25-26/h3-10,12,14,20H,1-2,11,13H2,(H,23,27). The summed E-state index contributed by atoms with van der Waals surface area (Å²) in [5.41, 5.74) is 0. The average Bonchev–Trinajstić information content (AvgIpc) is 3.24. The molecule has 0 fully saturated rings. The molecule has 0 spiro atoms. The Bertz CT molecular complexity index is 840. The number of rotatable bonds is 10. The Morgan fingerprint density at radius 3 is 2.07 bits per heavy atom. The summed E-state index contributed by atoms with van der Waals surface area (Å²) in [7, 11) is 0. The fraction of sp³-hybridized carbons (Fsp3) is 0.250. The van der Waals surface area contributed by atoms with Crippen LogP contribution < -0.4 is 14.8 Å². The van der Waals surface area contributed by atoms with Gasteiger partial charge < -0.3 is 14.8 Å². The summed E-state index contributed by atoms with van der Waals surface area (Å²) in [6.45, 7) is 1.22. The van der Waals surface area contributed by atoms with Crippen molar-refractivity contribution in [2.75, 3.05) is 6.54 Å². The maximum absolute atomic E-state index is 12.6. The second-order valence-corrected chi connectivity index (χ2v) is 7.01. The zero-order valence-electron chi connectivity index (χ0n) is 15.5. The molecule has 3 rings (SSSR count). The number of unbranched alkanes of at least 4 members (excludes halogenated alkanes) is 1. The maximum atomic E-state index is 12.6. The first-order chi connectivity index (χ1) is 14.1.